The molecule has 1 heterocycles. The maximum atomic E-state index is 11.8. The number of aryl methyl sites for hydroxylation is 1. The van der Waals surface area contributed by atoms with Gasteiger partial charge in [0.25, 0.3) is 0 Å². The van der Waals surface area contributed by atoms with Crippen LogP contribution in [0.25, 0.3) is 0 Å². The van der Waals surface area contributed by atoms with Crippen LogP contribution in [0.15, 0.2) is 22.7 Å². The lowest BCUT2D eigenvalue weighted by molar-refractivity contribution is 0.252. The Morgan fingerprint density at radius 2 is 2.27 bits per heavy atom. The predicted octanol–water partition coefficient (Wildman–Crippen LogP) is 3.27. The third kappa shape index (κ3) is 3.76. The van der Waals surface area contributed by atoms with Crippen molar-refractivity contribution in [2.75, 3.05) is 11.9 Å². The van der Waals surface area contributed by atoms with E-state index in [-0.39, 0.29) is 6.03 Å². The first-order valence-corrected chi connectivity index (χ1v) is 7.63. The molecule has 1 aliphatic rings. The molecule has 2 amide bonds. The predicted molar refractivity (Wildman–Crippen MR) is 83.2 cm³/mol. The molecule has 0 radical (unpaired) electrons. The summed E-state index contributed by atoms with van der Waals surface area (Å²) in [6, 6.07) is 5.16. The molecule has 1 saturated carbocycles. The molecule has 1 fully saturated rings. The molecule has 1 aromatic heterocycles. The van der Waals surface area contributed by atoms with E-state index >= 15 is 0 Å². The van der Waals surface area contributed by atoms with E-state index in [4.69, 9.17) is 16.1 Å². The molecular formula is C15H17ClN4O2. The number of urea groups is 1. The van der Waals surface area contributed by atoms with Crippen LogP contribution in [-0.2, 0) is 6.42 Å². The third-order valence-electron chi connectivity index (χ3n) is 3.42. The molecule has 0 aliphatic heterocycles. The van der Waals surface area contributed by atoms with Gasteiger partial charge in [-0.2, -0.15) is 4.98 Å². The van der Waals surface area contributed by atoms with E-state index in [9.17, 15) is 4.79 Å². The summed E-state index contributed by atoms with van der Waals surface area (Å²) in [5.74, 6) is 1.78. The first-order chi connectivity index (χ1) is 10.6. The first-order valence-electron chi connectivity index (χ1n) is 7.25. The fraction of sp³-hybridized carbons (Fsp3) is 0.400. The molecule has 22 heavy (non-hydrogen) atoms. The highest BCUT2D eigenvalue weighted by Gasteiger charge is 2.29. The lowest BCUT2D eigenvalue weighted by atomic mass is 10.2. The van der Waals surface area contributed by atoms with Crippen LogP contribution in [0.2, 0.25) is 5.02 Å². The zero-order chi connectivity index (χ0) is 15.5. The van der Waals surface area contributed by atoms with E-state index in [0.717, 1.165) is 18.4 Å². The second kappa shape index (κ2) is 6.36. The largest absolute Gasteiger partial charge is 0.339 e. The molecule has 0 saturated heterocycles. The first kappa shape index (κ1) is 14.8. The SMILES string of the molecule is Cc1ccc(NC(=O)NCCc2noc(C3CC3)n2)c(Cl)c1. The monoisotopic (exact) mass is 320 g/mol. The Balaban J connectivity index is 1.45. The molecule has 1 aliphatic carbocycles. The van der Waals surface area contributed by atoms with Gasteiger partial charge in [-0.05, 0) is 37.5 Å². The highest BCUT2D eigenvalue weighted by atomic mass is 35.5. The molecule has 7 heteroatoms. The Labute approximate surface area is 133 Å². The summed E-state index contributed by atoms with van der Waals surface area (Å²) in [6.45, 7) is 2.37. The Kier molecular flexibility index (Phi) is 4.29. The highest BCUT2D eigenvalue weighted by molar-refractivity contribution is 6.33. The molecule has 2 aromatic rings. The van der Waals surface area contributed by atoms with Gasteiger partial charge in [-0.25, -0.2) is 4.79 Å². The maximum absolute atomic E-state index is 11.8. The number of benzene rings is 1. The van der Waals surface area contributed by atoms with Gasteiger partial charge in [-0.3, -0.25) is 0 Å². The minimum absolute atomic E-state index is 0.309. The zero-order valence-electron chi connectivity index (χ0n) is 12.2. The average molecular weight is 321 g/mol. The van der Waals surface area contributed by atoms with Gasteiger partial charge in [0.05, 0.1) is 10.7 Å². The summed E-state index contributed by atoms with van der Waals surface area (Å²) in [7, 11) is 0. The number of hydrogen-bond acceptors (Lipinski definition) is 4. The van der Waals surface area contributed by atoms with Crippen LogP contribution in [0.1, 0.15) is 36.0 Å². The lowest BCUT2D eigenvalue weighted by Gasteiger charge is -2.08. The van der Waals surface area contributed by atoms with E-state index in [1.807, 2.05) is 13.0 Å². The molecular weight excluding hydrogens is 304 g/mol. The number of carbonyl (C=O) groups is 1. The van der Waals surface area contributed by atoms with Crippen LogP contribution in [0, 0.1) is 6.92 Å². The van der Waals surface area contributed by atoms with Gasteiger partial charge in [-0.1, -0.05) is 22.8 Å². The number of carbonyl (C=O) groups excluding carboxylic acids is 1. The van der Waals surface area contributed by atoms with Gasteiger partial charge in [0, 0.05) is 18.9 Å². The number of aromatic nitrogens is 2. The average Bonchev–Trinajstić information content (AvgIpc) is 3.22. The van der Waals surface area contributed by atoms with Crippen molar-refractivity contribution in [1.29, 1.82) is 0 Å². The maximum Gasteiger partial charge on any atom is 0.319 e. The molecule has 0 atom stereocenters. The number of rotatable bonds is 5. The molecule has 1 aromatic carbocycles. The van der Waals surface area contributed by atoms with Crippen molar-refractivity contribution in [2.24, 2.45) is 0 Å². The fourth-order valence-electron chi connectivity index (χ4n) is 2.04. The Bertz CT molecular complexity index is 682. The number of hydrogen-bond donors (Lipinski definition) is 2. The van der Waals surface area contributed by atoms with E-state index in [1.165, 1.54) is 0 Å². The molecule has 0 unspecified atom stereocenters. The highest BCUT2D eigenvalue weighted by Crippen LogP contribution is 2.38. The van der Waals surface area contributed by atoms with Crippen molar-refractivity contribution in [1.82, 2.24) is 15.5 Å². The summed E-state index contributed by atoms with van der Waals surface area (Å²) in [4.78, 5) is 16.1. The molecule has 0 spiro atoms. The van der Waals surface area contributed by atoms with Crippen LogP contribution >= 0.6 is 11.6 Å². The van der Waals surface area contributed by atoms with Gasteiger partial charge in [0.2, 0.25) is 5.89 Å². The smallest absolute Gasteiger partial charge is 0.319 e. The number of nitrogens with zero attached hydrogens (tertiary/aromatic N) is 2. The van der Waals surface area contributed by atoms with Crippen molar-refractivity contribution in [3.63, 3.8) is 0 Å². The van der Waals surface area contributed by atoms with Gasteiger partial charge in [0.15, 0.2) is 5.82 Å². The second-order valence-corrected chi connectivity index (χ2v) is 5.84. The van der Waals surface area contributed by atoms with Crippen molar-refractivity contribution < 1.29 is 9.32 Å². The van der Waals surface area contributed by atoms with Gasteiger partial charge < -0.3 is 15.2 Å². The number of anilines is 1. The van der Waals surface area contributed by atoms with Gasteiger partial charge in [0.1, 0.15) is 0 Å². The molecule has 2 N–H and O–H groups in total. The summed E-state index contributed by atoms with van der Waals surface area (Å²) in [5.41, 5.74) is 1.62. The summed E-state index contributed by atoms with van der Waals surface area (Å²) < 4.78 is 5.16. The van der Waals surface area contributed by atoms with Crippen LogP contribution in [0.5, 0.6) is 0 Å². The summed E-state index contributed by atoms with van der Waals surface area (Å²) in [5, 5.41) is 9.88. The van der Waals surface area contributed by atoms with Crippen LogP contribution < -0.4 is 10.6 Å². The Morgan fingerprint density at radius 3 is 3.00 bits per heavy atom. The van der Waals surface area contributed by atoms with Crippen molar-refractivity contribution in [2.45, 2.75) is 32.1 Å². The molecule has 6 nitrogen and oxygen atoms in total. The minimum atomic E-state index is -0.309. The van der Waals surface area contributed by atoms with Crippen LogP contribution in [0.4, 0.5) is 10.5 Å². The van der Waals surface area contributed by atoms with Gasteiger partial charge in [-0.15, -0.1) is 0 Å². The van der Waals surface area contributed by atoms with Crippen molar-refractivity contribution in [3.8, 4) is 0 Å². The van der Waals surface area contributed by atoms with E-state index in [2.05, 4.69) is 20.8 Å². The van der Waals surface area contributed by atoms with E-state index in [1.54, 1.807) is 12.1 Å². The Morgan fingerprint density at radius 1 is 1.45 bits per heavy atom. The third-order valence-corrected chi connectivity index (χ3v) is 3.73. The van der Waals surface area contributed by atoms with E-state index in [0.29, 0.717) is 41.3 Å². The standard InChI is InChI=1S/C15H17ClN4O2/c1-9-2-5-12(11(16)8-9)18-15(21)17-7-6-13-19-14(22-20-13)10-3-4-10/h2,5,8,10H,3-4,6-7H2,1H3,(H2,17,18,21). The number of nitrogens with one attached hydrogen (secondary N) is 2. The topological polar surface area (TPSA) is 80.0 Å². The minimum Gasteiger partial charge on any atom is -0.339 e. The van der Waals surface area contributed by atoms with E-state index < -0.39 is 0 Å². The van der Waals surface area contributed by atoms with Crippen LogP contribution in [-0.4, -0.2) is 22.7 Å². The number of amides is 2. The molecule has 0 bridgehead atoms. The lowest BCUT2D eigenvalue weighted by Crippen LogP contribution is -2.30. The molecule has 3 rings (SSSR count). The van der Waals surface area contributed by atoms with Crippen molar-refractivity contribution in [3.05, 3.63) is 40.5 Å². The fourth-order valence-corrected chi connectivity index (χ4v) is 2.32. The van der Waals surface area contributed by atoms with Crippen molar-refractivity contribution >= 4 is 23.3 Å². The zero-order valence-corrected chi connectivity index (χ0v) is 13.0. The Hall–Kier alpha value is -2.08. The van der Waals surface area contributed by atoms with Gasteiger partial charge >= 0.3 is 6.03 Å². The molecule has 116 valence electrons. The summed E-state index contributed by atoms with van der Waals surface area (Å²) >= 11 is 6.07. The number of halogens is 1. The quantitative estimate of drug-likeness (QED) is 0.886. The summed E-state index contributed by atoms with van der Waals surface area (Å²) in [6.07, 6.45) is 2.78. The normalized spacial score (nSPS) is 13.9. The second-order valence-electron chi connectivity index (χ2n) is 5.44. The van der Waals surface area contributed by atoms with Crippen LogP contribution in [0.3, 0.4) is 0 Å².